The van der Waals surface area contributed by atoms with Crippen LogP contribution >= 0.6 is 11.6 Å². The van der Waals surface area contributed by atoms with Crippen LogP contribution in [-0.2, 0) is 6.42 Å². The molecule has 2 heterocycles. The molecule has 2 aromatic rings. The normalized spacial score (nSPS) is 15.2. The molecule has 1 aliphatic heterocycles. The minimum atomic E-state index is 0.787. The third-order valence-corrected chi connectivity index (χ3v) is 3.30. The summed E-state index contributed by atoms with van der Waals surface area (Å²) in [6, 6.07) is 4.00. The van der Waals surface area contributed by atoms with Crippen LogP contribution in [0.2, 0.25) is 5.02 Å². The Balaban J connectivity index is 2.48. The van der Waals surface area contributed by atoms with Crippen molar-refractivity contribution in [2.24, 2.45) is 4.99 Å². The van der Waals surface area contributed by atoms with Crippen molar-refractivity contribution in [3.8, 4) is 0 Å². The second-order valence-electron chi connectivity index (χ2n) is 3.88. The van der Waals surface area contributed by atoms with E-state index in [1.54, 1.807) is 0 Å². The number of nitrogens with zero attached hydrogens (tertiary/aromatic N) is 1. The lowest BCUT2D eigenvalue weighted by molar-refractivity contribution is 0.981. The van der Waals surface area contributed by atoms with Gasteiger partial charge in [-0.2, -0.15) is 0 Å². The average molecular weight is 219 g/mol. The van der Waals surface area contributed by atoms with E-state index in [4.69, 9.17) is 11.6 Å². The van der Waals surface area contributed by atoms with Gasteiger partial charge >= 0.3 is 0 Å². The summed E-state index contributed by atoms with van der Waals surface area (Å²) >= 11 is 6.15. The Bertz CT molecular complexity index is 566. The molecular formula is C12H11ClN2. The van der Waals surface area contributed by atoms with Crippen molar-refractivity contribution in [1.29, 1.82) is 0 Å². The first-order valence-corrected chi connectivity index (χ1v) is 5.45. The Morgan fingerprint density at radius 2 is 2.27 bits per heavy atom. The summed E-state index contributed by atoms with van der Waals surface area (Å²) in [5.74, 6) is 0. The van der Waals surface area contributed by atoms with Gasteiger partial charge in [-0.05, 0) is 25.0 Å². The molecule has 3 rings (SSSR count). The van der Waals surface area contributed by atoms with Crippen molar-refractivity contribution in [2.75, 3.05) is 6.54 Å². The van der Waals surface area contributed by atoms with Crippen LogP contribution in [0.5, 0.6) is 0 Å². The van der Waals surface area contributed by atoms with Crippen molar-refractivity contribution in [3.05, 3.63) is 34.5 Å². The summed E-state index contributed by atoms with van der Waals surface area (Å²) in [5, 5.41) is 2.04. The fraction of sp³-hybridized carbons (Fsp3) is 0.250. The number of hydrogen-bond acceptors (Lipinski definition) is 1. The summed E-state index contributed by atoms with van der Waals surface area (Å²) in [4.78, 5) is 7.77. The molecule has 0 radical (unpaired) electrons. The van der Waals surface area contributed by atoms with Crippen molar-refractivity contribution >= 4 is 28.2 Å². The second-order valence-corrected chi connectivity index (χ2v) is 4.28. The zero-order chi connectivity index (χ0) is 10.4. The standard InChI is InChI=1S/C12H11ClN2/c1-7-9-2-3-10(13)12-11(9)8(6-15-12)4-5-14-7/h2-3,6,15H,4-5H2,1H3. The first-order valence-electron chi connectivity index (χ1n) is 5.07. The SMILES string of the molecule is CC1=NCCc2c[nH]c3c(Cl)ccc1c23. The second kappa shape index (κ2) is 3.11. The van der Waals surface area contributed by atoms with Gasteiger partial charge in [-0.1, -0.05) is 17.7 Å². The zero-order valence-corrected chi connectivity index (χ0v) is 9.23. The molecule has 3 heteroatoms. The Labute approximate surface area is 93.0 Å². The number of rotatable bonds is 0. The lowest BCUT2D eigenvalue weighted by atomic mass is 10.0. The maximum absolute atomic E-state index is 6.15. The van der Waals surface area contributed by atoms with Crippen LogP contribution in [0.3, 0.4) is 0 Å². The van der Waals surface area contributed by atoms with Gasteiger partial charge in [-0.25, -0.2) is 0 Å². The van der Waals surface area contributed by atoms with Crippen LogP contribution in [-0.4, -0.2) is 17.2 Å². The minimum Gasteiger partial charge on any atom is -0.360 e. The van der Waals surface area contributed by atoms with Gasteiger partial charge in [-0.15, -0.1) is 0 Å². The van der Waals surface area contributed by atoms with E-state index >= 15 is 0 Å². The number of aromatic amines is 1. The van der Waals surface area contributed by atoms with Crippen LogP contribution < -0.4 is 0 Å². The smallest absolute Gasteiger partial charge is 0.0652 e. The fourth-order valence-corrected chi connectivity index (χ4v) is 2.42. The summed E-state index contributed by atoms with van der Waals surface area (Å²) in [5.41, 5.74) is 4.68. The molecule has 0 unspecified atom stereocenters. The van der Waals surface area contributed by atoms with Gasteiger partial charge in [0.2, 0.25) is 0 Å². The van der Waals surface area contributed by atoms with E-state index in [0.29, 0.717) is 0 Å². The number of H-pyrrole nitrogens is 1. The van der Waals surface area contributed by atoms with Gasteiger partial charge in [0.1, 0.15) is 0 Å². The molecular weight excluding hydrogens is 208 g/mol. The molecule has 0 spiro atoms. The largest absolute Gasteiger partial charge is 0.360 e. The van der Waals surface area contributed by atoms with E-state index in [-0.39, 0.29) is 0 Å². The zero-order valence-electron chi connectivity index (χ0n) is 8.47. The Hall–Kier alpha value is -1.28. The van der Waals surface area contributed by atoms with E-state index < -0.39 is 0 Å². The van der Waals surface area contributed by atoms with E-state index in [0.717, 1.165) is 29.2 Å². The molecule has 15 heavy (non-hydrogen) atoms. The quantitative estimate of drug-likeness (QED) is 0.704. The fourth-order valence-electron chi connectivity index (χ4n) is 2.21. The monoisotopic (exact) mass is 218 g/mol. The summed E-state index contributed by atoms with van der Waals surface area (Å²) < 4.78 is 0. The van der Waals surface area contributed by atoms with Crippen LogP contribution in [0.25, 0.3) is 10.9 Å². The average Bonchev–Trinajstić information content (AvgIpc) is 2.57. The van der Waals surface area contributed by atoms with Gasteiger partial charge in [-0.3, -0.25) is 4.99 Å². The van der Waals surface area contributed by atoms with E-state index in [2.05, 4.69) is 23.0 Å². The highest BCUT2D eigenvalue weighted by atomic mass is 35.5. The highest BCUT2D eigenvalue weighted by molar-refractivity contribution is 6.36. The molecule has 76 valence electrons. The molecule has 0 saturated carbocycles. The van der Waals surface area contributed by atoms with Crippen molar-refractivity contribution in [3.63, 3.8) is 0 Å². The molecule has 0 aliphatic carbocycles. The Kier molecular flexibility index (Phi) is 1.86. The van der Waals surface area contributed by atoms with Crippen molar-refractivity contribution < 1.29 is 0 Å². The maximum Gasteiger partial charge on any atom is 0.0652 e. The van der Waals surface area contributed by atoms with Crippen LogP contribution in [0.15, 0.2) is 23.3 Å². The maximum atomic E-state index is 6.15. The molecule has 0 fully saturated rings. The van der Waals surface area contributed by atoms with E-state index in [9.17, 15) is 0 Å². The minimum absolute atomic E-state index is 0.787. The van der Waals surface area contributed by atoms with Gasteiger partial charge in [0.05, 0.1) is 10.5 Å². The van der Waals surface area contributed by atoms with Crippen LogP contribution in [0.1, 0.15) is 18.1 Å². The molecule has 0 amide bonds. The highest BCUT2D eigenvalue weighted by Crippen LogP contribution is 2.30. The predicted octanol–water partition coefficient (Wildman–Crippen LogP) is 3.19. The van der Waals surface area contributed by atoms with E-state index in [1.165, 1.54) is 16.5 Å². The Morgan fingerprint density at radius 3 is 3.13 bits per heavy atom. The van der Waals surface area contributed by atoms with Gasteiger partial charge in [0, 0.05) is 29.4 Å². The van der Waals surface area contributed by atoms with Crippen LogP contribution in [0.4, 0.5) is 0 Å². The third-order valence-electron chi connectivity index (χ3n) is 2.99. The number of halogens is 1. The Morgan fingerprint density at radius 1 is 1.40 bits per heavy atom. The van der Waals surface area contributed by atoms with Gasteiger partial charge in [0.25, 0.3) is 0 Å². The first-order chi connectivity index (χ1) is 7.27. The number of benzene rings is 1. The molecule has 1 N–H and O–H groups in total. The third kappa shape index (κ3) is 1.21. The molecule has 1 aromatic heterocycles. The lowest BCUT2D eigenvalue weighted by Gasteiger charge is -2.03. The first kappa shape index (κ1) is 8.98. The van der Waals surface area contributed by atoms with Crippen LogP contribution in [0, 0.1) is 0 Å². The van der Waals surface area contributed by atoms with Gasteiger partial charge in [0.15, 0.2) is 0 Å². The number of aliphatic imine (C=N–C) groups is 1. The van der Waals surface area contributed by atoms with Crippen molar-refractivity contribution in [2.45, 2.75) is 13.3 Å². The number of hydrogen-bond donors (Lipinski definition) is 1. The molecule has 1 aromatic carbocycles. The summed E-state index contributed by atoms with van der Waals surface area (Å²) in [6.07, 6.45) is 3.04. The predicted molar refractivity (Wildman–Crippen MR) is 64.1 cm³/mol. The lowest BCUT2D eigenvalue weighted by Crippen LogP contribution is -1.94. The van der Waals surface area contributed by atoms with E-state index in [1.807, 2.05) is 12.3 Å². The van der Waals surface area contributed by atoms with Crippen molar-refractivity contribution in [1.82, 2.24) is 4.98 Å². The summed E-state index contributed by atoms with van der Waals surface area (Å²) in [6.45, 7) is 2.93. The highest BCUT2D eigenvalue weighted by Gasteiger charge is 2.15. The molecule has 1 aliphatic rings. The molecule has 0 atom stereocenters. The van der Waals surface area contributed by atoms with Gasteiger partial charge < -0.3 is 4.98 Å². The molecule has 2 nitrogen and oxygen atoms in total. The number of nitrogens with one attached hydrogen (secondary N) is 1. The molecule has 0 saturated heterocycles. The molecule has 0 bridgehead atoms. The topological polar surface area (TPSA) is 28.1 Å². The number of aromatic nitrogens is 1. The summed E-state index contributed by atoms with van der Waals surface area (Å²) in [7, 11) is 0.